The van der Waals surface area contributed by atoms with Gasteiger partial charge >= 0.3 is 0 Å². The Hall–Kier alpha value is -4.32. The van der Waals surface area contributed by atoms with Gasteiger partial charge in [0.2, 0.25) is 5.91 Å². The van der Waals surface area contributed by atoms with Crippen LogP contribution in [-0.4, -0.2) is 24.2 Å². The van der Waals surface area contributed by atoms with Crippen molar-refractivity contribution in [2.45, 2.75) is 12.0 Å². The number of anilines is 1. The SMILES string of the molecule is O=C1C(c2c(O)cc3c(c2F)OCCO3)c2ccccc2N1C(c1ccccc1)c1ccccc1. The van der Waals surface area contributed by atoms with Crippen LogP contribution in [0.5, 0.6) is 17.2 Å². The fraction of sp³-hybridized carbons (Fsp3) is 0.138. The van der Waals surface area contributed by atoms with Gasteiger partial charge in [-0.3, -0.25) is 9.69 Å². The highest BCUT2D eigenvalue weighted by Crippen LogP contribution is 2.51. The third kappa shape index (κ3) is 3.41. The Morgan fingerprint density at radius 1 is 0.857 bits per heavy atom. The van der Waals surface area contributed by atoms with Gasteiger partial charge < -0.3 is 14.6 Å². The topological polar surface area (TPSA) is 59.0 Å². The summed E-state index contributed by atoms with van der Waals surface area (Å²) in [6, 6.07) is 27.7. The minimum atomic E-state index is -1.03. The Morgan fingerprint density at radius 2 is 1.46 bits per heavy atom. The molecule has 2 heterocycles. The van der Waals surface area contributed by atoms with Crippen LogP contribution < -0.4 is 14.4 Å². The fourth-order valence-corrected chi connectivity index (χ4v) is 5.07. The molecular weight excluding hydrogens is 445 g/mol. The van der Waals surface area contributed by atoms with Crippen molar-refractivity contribution >= 4 is 11.6 Å². The van der Waals surface area contributed by atoms with E-state index in [1.165, 1.54) is 6.07 Å². The molecule has 6 rings (SSSR count). The van der Waals surface area contributed by atoms with Crippen LogP contribution in [0.3, 0.4) is 0 Å². The van der Waals surface area contributed by atoms with Crippen LogP contribution in [0, 0.1) is 5.82 Å². The summed E-state index contributed by atoms with van der Waals surface area (Å²) in [4.78, 5) is 15.9. The molecule has 0 spiro atoms. The van der Waals surface area contributed by atoms with Crippen LogP contribution in [0.15, 0.2) is 91.0 Å². The van der Waals surface area contributed by atoms with Gasteiger partial charge in [0.25, 0.3) is 0 Å². The predicted molar refractivity (Wildman–Crippen MR) is 130 cm³/mol. The van der Waals surface area contributed by atoms with Gasteiger partial charge in [0.15, 0.2) is 17.3 Å². The van der Waals surface area contributed by atoms with Crippen LogP contribution in [-0.2, 0) is 4.79 Å². The van der Waals surface area contributed by atoms with E-state index in [0.717, 1.165) is 11.1 Å². The molecule has 1 unspecified atom stereocenters. The molecule has 6 heteroatoms. The molecule has 2 aliphatic rings. The van der Waals surface area contributed by atoms with Crippen molar-refractivity contribution in [1.29, 1.82) is 0 Å². The molecule has 4 aromatic carbocycles. The normalized spacial score (nSPS) is 16.5. The zero-order valence-corrected chi connectivity index (χ0v) is 18.7. The van der Waals surface area contributed by atoms with E-state index in [1.807, 2.05) is 78.9 Å². The Labute approximate surface area is 202 Å². The first-order valence-corrected chi connectivity index (χ1v) is 11.5. The number of halogens is 1. The average Bonchev–Trinajstić information content (AvgIpc) is 3.17. The van der Waals surface area contributed by atoms with Gasteiger partial charge in [-0.15, -0.1) is 0 Å². The lowest BCUT2D eigenvalue weighted by Crippen LogP contribution is -2.34. The molecule has 4 aromatic rings. The number of ether oxygens (including phenoxy) is 2. The number of phenolic OH excluding ortho intramolecular Hbond substituents is 1. The smallest absolute Gasteiger partial charge is 0.240 e. The molecule has 0 bridgehead atoms. The van der Waals surface area contributed by atoms with E-state index in [1.54, 1.807) is 11.0 Å². The standard InChI is InChI=1S/C29H22FNO4/c30-26-25(22(32)17-23-28(26)35-16-15-34-23)24-20-13-7-8-14-21(20)31(29(24)33)27(18-9-3-1-4-10-18)19-11-5-2-6-12-19/h1-14,17,24,27,32H,15-16H2. The molecule has 0 saturated carbocycles. The van der Waals surface area contributed by atoms with Crippen LogP contribution in [0.25, 0.3) is 0 Å². The van der Waals surface area contributed by atoms with E-state index in [0.29, 0.717) is 11.3 Å². The first-order valence-electron chi connectivity index (χ1n) is 11.5. The molecular formula is C29H22FNO4. The number of hydrogen-bond donors (Lipinski definition) is 1. The summed E-state index contributed by atoms with van der Waals surface area (Å²) in [5, 5.41) is 10.9. The quantitative estimate of drug-likeness (QED) is 0.426. The van der Waals surface area contributed by atoms with Crippen LogP contribution in [0.1, 0.15) is 34.2 Å². The molecule has 0 fully saturated rings. The van der Waals surface area contributed by atoms with Crippen molar-refractivity contribution in [2.75, 3.05) is 18.1 Å². The minimum Gasteiger partial charge on any atom is -0.507 e. The number of carbonyl (C=O) groups excluding carboxylic acids is 1. The second-order valence-corrected chi connectivity index (χ2v) is 8.57. The van der Waals surface area contributed by atoms with Crippen molar-refractivity contribution < 1.29 is 23.8 Å². The summed E-state index contributed by atoms with van der Waals surface area (Å²) in [6.45, 7) is 0.458. The third-order valence-electron chi connectivity index (χ3n) is 6.56. The second-order valence-electron chi connectivity index (χ2n) is 8.57. The highest BCUT2D eigenvalue weighted by molar-refractivity contribution is 6.08. The van der Waals surface area contributed by atoms with E-state index < -0.39 is 17.8 Å². The monoisotopic (exact) mass is 467 g/mol. The fourth-order valence-electron chi connectivity index (χ4n) is 5.07. The number of aromatic hydroxyl groups is 1. The Balaban J connectivity index is 1.55. The molecule has 35 heavy (non-hydrogen) atoms. The number of nitrogens with zero attached hydrogens (tertiary/aromatic N) is 1. The number of benzene rings is 4. The largest absolute Gasteiger partial charge is 0.507 e. The number of para-hydroxylation sites is 1. The van der Waals surface area contributed by atoms with Crippen LogP contribution in [0.2, 0.25) is 0 Å². The van der Waals surface area contributed by atoms with Gasteiger partial charge in [0.05, 0.1) is 17.5 Å². The third-order valence-corrected chi connectivity index (χ3v) is 6.56. The lowest BCUT2D eigenvalue weighted by molar-refractivity contribution is -0.118. The lowest BCUT2D eigenvalue weighted by atomic mass is 9.90. The zero-order chi connectivity index (χ0) is 23.9. The van der Waals surface area contributed by atoms with Crippen LogP contribution >= 0.6 is 0 Å². The summed E-state index contributed by atoms with van der Waals surface area (Å²) >= 11 is 0. The molecule has 1 N–H and O–H groups in total. The Kier molecular flexibility index (Phi) is 5.14. The van der Waals surface area contributed by atoms with Gasteiger partial charge in [-0.25, -0.2) is 4.39 Å². The number of phenols is 1. The molecule has 0 aromatic heterocycles. The van der Waals surface area contributed by atoms with Gasteiger partial charge in [-0.1, -0.05) is 78.9 Å². The second kappa shape index (κ2) is 8.47. The average molecular weight is 467 g/mol. The summed E-state index contributed by atoms with van der Waals surface area (Å²) in [7, 11) is 0. The summed E-state index contributed by atoms with van der Waals surface area (Å²) < 4.78 is 26.7. The number of amides is 1. The van der Waals surface area contributed by atoms with Crippen molar-refractivity contribution in [3.05, 3.63) is 119 Å². The van der Waals surface area contributed by atoms with Crippen molar-refractivity contribution in [3.8, 4) is 17.2 Å². The Morgan fingerprint density at radius 3 is 2.14 bits per heavy atom. The van der Waals surface area contributed by atoms with Crippen molar-refractivity contribution in [1.82, 2.24) is 0 Å². The molecule has 0 radical (unpaired) electrons. The molecule has 1 amide bonds. The van der Waals surface area contributed by atoms with E-state index in [2.05, 4.69) is 0 Å². The number of fused-ring (bicyclic) bond motifs is 2. The first-order chi connectivity index (χ1) is 17.1. The predicted octanol–water partition coefficient (Wildman–Crippen LogP) is 5.57. The number of hydrogen-bond acceptors (Lipinski definition) is 4. The molecule has 1 atom stereocenters. The van der Waals surface area contributed by atoms with Gasteiger partial charge in [0, 0.05) is 11.8 Å². The lowest BCUT2D eigenvalue weighted by Gasteiger charge is -2.30. The molecule has 0 saturated heterocycles. The van der Waals surface area contributed by atoms with E-state index >= 15 is 4.39 Å². The maximum absolute atomic E-state index is 15.8. The number of rotatable bonds is 4. The Bertz CT molecular complexity index is 1370. The maximum Gasteiger partial charge on any atom is 0.240 e. The summed E-state index contributed by atoms with van der Waals surface area (Å²) in [6.07, 6.45) is 0. The molecule has 174 valence electrons. The van der Waals surface area contributed by atoms with E-state index in [9.17, 15) is 9.90 Å². The van der Waals surface area contributed by atoms with Gasteiger partial charge in [-0.05, 0) is 22.8 Å². The van der Waals surface area contributed by atoms with E-state index in [-0.39, 0.29) is 41.9 Å². The highest BCUT2D eigenvalue weighted by atomic mass is 19.1. The first kappa shape index (κ1) is 21.2. The van der Waals surface area contributed by atoms with E-state index in [4.69, 9.17) is 9.47 Å². The van der Waals surface area contributed by atoms with Gasteiger partial charge in [-0.2, -0.15) is 0 Å². The molecule has 5 nitrogen and oxygen atoms in total. The van der Waals surface area contributed by atoms with Crippen molar-refractivity contribution in [2.24, 2.45) is 0 Å². The zero-order valence-electron chi connectivity index (χ0n) is 18.7. The van der Waals surface area contributed by atoms with Crippen LogP contribution in [0.4, 0.5) is 10.1 Å². The molecule has 0 aliphatic carbocycles. The summed E-state index contributed by atoms with van der Waals surface area (Å²) in [5.41, 5.74) is 3.05. The summed E-state index contributed by atoms with van der Waals surface area (Å²) in [5.74, 6) is -2.40. The minimum absolute atomic E-state index is 0.0737. The van der Waals surface area contributed by atoms with Gasteiger partial charge in [0.1, 0.15) is 19.0 Å². The molecule has 2 aliphatic heterocycles. The highest BCUT2D eigenvalue weighted by Gasteiger charge is 2.45. The van der Waals surface area contributed by atoms with Crippen molar-refractivity contribution in [3.63, 3.8) is 0 Å². The number of carbonyl (C=O) groups is 1. The maximum atomic E-state index is 15.8.